The van der Waals surface area contributed by atoms with E-state index in [2.05, 4.69) is 15.1 Å². The largest absolute Gasteiger partial charge is 0.496 e. The van der Waals surface area contributed by atoms with E-state index in [0.717, 1.165) is 11.3 Å². The Labute approximate surface area is 130 Å². The molecule has 0 saturated heterocycles. The monoisotopic (exact) mass is 305 g/mol. The van der Waals surface area contributed by atoms with Gasteiger partial charge in [-0.05, 0) is 6.07 Å². The number of para-hydroxylation sites is 1. The van der Waals surface area contributed by atoms with Gasteiger partial charge in [-0.15, -0.1) is 10.2 Å². The van der Waals surface area contributed by atoms with Crippen molar-refractivity contribution in [3.63, 3.8) is 0 Å². The zero-order valence-electron chi connectivity index (χ0n) is 13.3. The van der Waals surface area contributed by atoms with Gasteiger partial charge in [0.25, 0.3) is 0 Å². The van der Waals surface area contributed by atoms with Crippen molar-refractivity contribution in [2.45, 2.75) is 32.9 Å². The van der Waals surface area contributed by atoms with Gasteiger partial charge in [0.15, 0.2) is 0 Å². The molecule has 2 rings (SSSR count). The van der Waals surface area contributed by atoms with Crippen LogP contribution < -0.4 is 4.74 Å². The smallest absolute Gasteiger partial charge is 0.230 e. The zero-order chi connectivity index (χ0) is 15.9. The molecule has 1 aromatic carbocycles. The van der Waals surface area contributed by atoms with E-state index < -0.39 is 0 Å². The summed E-state index contributed by atoms with van der Waals surface area (Å²) in [6, 6.07) is 7.84. The first-order chi connectivity index (χ1) is 10.6. The maximum Gasteiger partial charge on any atom is 0.230 e. The van der Waals surface area contributed by atoms with Crippen LogP contribution in [0.2, 0.25) is 0 Å². The topological polar surface area (TPSA) is 71.6 Å². The van der Waals surface area contributed by atoms with Crippen molar-refractivity contribution < 1.29 is 14.3 Å². The summed E-state index contributed by atoms with van der Waals surface area (Å²) in [4.78, 5) is 2.05. The third-order valence-electron chi connectivity index (χ3n) is 3.34. The van der Waals surface area contributed by atoms with Gasteiger partial charge in [-0.3, -0.25) is 4.90 Å². The van der Waals surface area contributed by atoms with Crippen LogP contribution in [0, 0.1) is 0 Å². The summed E-state index contributed by atoms with van der Waals surface area (Å²) < 4.78 is 11.0. The summed E-state index contributed by atoms with van der Waals surface area (Å²) in [7, 11) is 1.65. The molecule has 1 heterocycles. The maximum atomic E-state index is 9.27. The normalized spacial score (nSPS) is 11.4. The Hall–Kier alpha value is -1.92. The van der Waals surface area contributed by atoms with Gasteiger partial charge in [0.05, 0.1) is 20.3 Å². The van der Waals surface area contributed by atoms with Gasteiger partial charge in [-0.1, -0.05) is 32.0 Å². The summed E-state index contributed by atoms with van der Waals surface area (Å²) in [5.41, 5.74) is 1.06. The Bertz CT molecular complexity index is 584. The minimum Gasteiger partial charge on any atom is -0.496 e. The van der Waals surface area contributed by atoms with Crippen molar-refractivity contribution in [3.05, 3.63) is 41.6 Å². The van der Waals surface area contributed by atoms with Crippen molar-refractivity contribution in [1.29, 1.82) is 0 Å². The lowest BCUT2D eigenvalue weighted by molar-refractivity contribution is 0.170. The van der Waals surface area contributed by atoms with Crippen LogP contribution in [0.5, 0.6) is 5.75 Å². The van der Waals surface area contributed by atoms with E-state index in [1.54, 1.807) is 7.11 Å². The number of ether oxygens (including phenoxy) is 1. The lowest BCUT2D eigenvalue weighted by Crippen LogP contribution is -2.26. The molecule has 0 atom stereocenters. The second kappa shape index (κ2) is 7.91. The number of methoxy groups -OCH3 is 1. The van der Waals surface area contributed by atoms with E-state index in [1.807, 2.05) is 38.1 Å². The van der Waals surface area contributed by atoms with Crippen molar-refractivity contribution >= 4 is 0 Å². The minimum atomic E-state index is 0.0698. The first-order valence-corrected chi connectivity index (χ1v) is 7.41. The predicted octanol–water partition coefficient (Wildman–Crippen LogP) is 2.20. The number of aliphatic hydroxyl groups is 1. The molecule has 6 nitrogen and oxygen atoms in total. The van der Waals surface area contributed by atoms with Gasteiger partial charge in [-0.25, -0.2) is 0 Å². The fraction of sp³-hybridized carbons (Fsp3) is 0.500. The second-order valence-corrected chi connectivity index (χ2v) is 5.43. The van der Waals surface area contributed by atoms with Crippen LogP contribution in [-0.2, 0) is 13.1 Å². The van der Waals surface area contributed by atoms with E-state index in [0.29, 0.717) is 31.4 Å². The van der Waals surface area contributed by atoms with Crippen LogP contribution >= 0.6 is 0 Å². The quantitative estimate of drug-likeness (QED) is 0.806. The summed E-state index contributed by atoms with van der Waals surface area (Å²) in [6.45, 7) is 5.76. The molecule has 0 bridgehead atoms. The van der Waals surface area contributed by atoms with Gasteiger partial charge < -0.3 is 14.3 Å². The fourth-order valence-electron chi connectivity index (χ4n) is 2.19. The molecule has 6 heteroatoms. The molecule has 1 aromatic heterocycles. The number of nitrogens with zero attached hydrogens (tertiary/aromatic N) is 3. The van der Waals surface area contributed by atoms with Gasteiger partial charge >= 0.3 is 0 Å². The molecule has 22 heavy (non-hydrogen) atoms. The van der Waals surface area contributed by atoms with Gasteiger partial charge in [0, 0.05) is 24.6 Å². The molecule has 0 aliphatic rings. The second-order valence-electron chi connectivity index (χ2n) is 5.43. The molecule has 0 aliphatic heterocycles. The summed E-state index contributed by atoms with van der Waals surface area (Å²) >= 11 is 0. The average Bonchev–Trinajstić information content (AvgIpc) is 2.97. The minimum absolute atomic E-state index is 0.0698. The molecule has 0 unspecified atom stereocenters. The van der Waals surface area contributed by atoms with Crippen LogP contribution in [-0.4, -0.2) is 40.5 Å². The molecule has 0 radical (unpaired) electrons. The summed E-state index contributed by atoms with van der Waals surface area (Å²) in [6.07, 6.45) is 0. The first-order valence-electron chi connectivity index (χ1n) is 7.41. The van der Waals surface area contributed by atoms with E-state index in [-0.39, 0.29) is 12.5 Å². The van der Waals surface area contributed by atoms with Crippen LogP contribution in [0.15, 0.2) is 28.7 Å². The Balaban J connectivity index is 2.08. The summed E-state index contributed by atoms with van der Waals surface area (Å²) in [5, 5.41) is 17.4. The molecular formula is C16H23N3O3. The van der Waals surface area contributed by atoms with Crippen LogP contribution in [0.25, 0.3) is 0 Å². The lowest BCUT2D eigenvalue weighted by Gasteiger charge is -2.20. The van der Waals surface area contributed by atoms with E-state index >= 15 is 0 Å². The number of aliphatic hydroxyl groups excluding tert-OH is 1. The van der Waals surface area contributed by atoms with Crippen LogP contribution in [0.4, 0.5) is 0 Å². The Kier molecular flexibility index (Phi) is 5.91. The lowest BCUT2D eigenvalue weighted by atomic mass is 10.2. The van der Waals surface area contributed by atoms with E-state index in [4.69, 9.17) is 9.15 Å². The average molecular weight is 305 g/mol. The maximum absolute atomic E-state index is 9.27. The molecule has 120 valence electrons. The molecule has 0 spiro atoms. The number of benzene rings is 1. The molecule has 2 aromatic rings. The number of hydrogen-bond donors (Lipinski definition) is 1. The highest BCUT2D eigenvalue weighted by Gasteiger charge is 2.15. The van der Waals surface area contributed by atoms with Crippen LogP contribution in [0.1, 0.15) is 37.1 Å². The number of aromatic nitrogens is 2. The predicted molar refractivity (Wildman–Crippen MR) is 82.6 cm³/mol. The van der Waals surface area contributed by atoms with E-state index in [1.165, 1.54) is 0 Å². The van der Waals surface area contributed by atoms with E-state index in [9.17, 15) is 5.11 Å². The summed E-state index contributed by atoms with van der Waals surface area (Å²) in [5.74, 6) is 2.24. The SMILES string of the molecule is COc1ccccc1CN(CCO)Cc1nnc(C(C)C)o1. The van der Waals surface area contributed by atoms with Gasteiger partial charge in [0.1, 0.15) is 5.75 Å². The molecule has 0 aliphatic carbocycles. The number of hydrogen-bond acceptors (Lipinski definition) is 6. The molecule has 1 N–H and O–H groups in total. The van der Waals surface area contributed by atoms with Crippen molar-refractivity contribution in [2.75, 3.05) is 20.3 Å². The highest BCUT2D eigenvalue weighted by molar-refractivity contribution is 5.33. The van der Waals surface area contributed by atoms with Crippen molar-refractivity contribution in [3.8, 4) is 5.75 Å². The molecular weight excluding hydrogens is 282 g/mol. The number of rotatable bonds is 8. The Morgan fingerprint density at radius 2 is 2.00 bits per heavy atom. The van der Waals surface area contributed by atoms with Crippen molar-refractivity contribution in [1.82, 2.24) is 15.1 Å². The Morgan fingerprint density at radius 3 is 2.64 bits per heavy atom. The third kappa shape index (κ3) is 4.29. The molecule has 0 saturated carbocycles. The fourth-order valence-corrected chi connectivity index (χ4v) is 2.19. The molecule has 0 amide bonds. The standard InChI is InChI=1S/C16H23N3O3/c1-12(2)16-18-17-15(22-16)11-19(8-9-20)10-13-6-4-5-7-14(13)21-3/h4-7,12,20H,8-11H2,1-3H3. The van der Waals surface area contributed by atoms with Gasteiger partial charge in [0.2, 0.25) is 11.8 Å². The highest BCUT2D eigenvalue weighted by atomic mass is 16.5. The Morgan fingerprint density at radius 1 is 1.23 bits per heavy atom. The molecule has 0 fully saturated rings. The van der Waals surface area contributed by atoms with Crippen LogP contribution in [0.3, 0.4) is 0 Å². The first kappa shape index (κ1) is 16.5. The van der Waals surface area contributed by atoms with Gasteiger partial charge in [-0.2, -0.15) is 0 Å². The van der Waals surface area contributed by atoms with Crippen molar-refractivity contribution in [2.24, 2.45) is 0 Å². The third-order valence-corrected chi connectivity index (χ3v) is 3.34. The zero-order valence-corrected chi connectivity index (χ0v) is 13.3. The highest BCUT2D eigenvalue weighted by Crippen LogP contribution is 2.20.